The van der Waals surface area contributed by atoms with Crippen LogP contribution in [0.4, 0.5) is 0 Å². The summed E-state index contributed by atoms with van der Waals surface area (Å²) in [6.07, 6.45) is 7.71. The molecular formula is C12H21NO. The van der Waals surface area contributed by atoms with Gasteiger partial charge in [0.2, 0.25) is 0 Å². The molecule has 3 aliphatic rings. The maximum Gasteiger partial charge on any atom is 0.0724 e. The van der Waals surface area contributed by atoms with Crippen molar-refractivity contribution in [1.29, 1.82) is 0 Å². The number of hydrogen-bond acceptors (Lipinski definition) is 2. The molecule has 6 atom stereocenters. The fraction of sp³-hybridized carbons (Fsp3) is 1.00. The van der Waals surface area contributed by atoms with Gasteiger partial charge in [0.25, 0.3) is 0 Å². The Kier molecular flexibility index (Phi) is 2.10. The van der Waals surface area contributed by atoms with Gasteiger partial charge in [-0.25, -0.2) is 0 Å². The van der Waals surface area contributed by atoms with E-state index in [9.17, 15) is 5.11 Å². The van der Waals surface area contributed by atoms with E-state index in [0.29, 0.717) is 11.8 Å². The summed E-state index contributed by atoms with van der Waals surface area (Å²) in [5.41, 5.74) is 6.17. The molecule has 2 heteroatoms. The third kappa shape index (κ3) is 1.10. The monoisotopic (exact) mass is 195 g/mol. The summed E-state index contributed by atoms with van der Waals surface area (Å²) >= 11 is 0. The van der Waals surface area contributed by atoms with E-state index in [-0.39, 0.29) is 12.1 Å². The molecule has 6 unspecified atom stereocenters. The Hall–Kier alpha value is -0.0800. The molecule has 0 aliphatic heterocycles. The fourth-order valence-corrected chi connectivity index (χ4v) is 4.54. The van der Waals surface area contributed by atoms with Crippen molar-refractivity contribution in [2.24, 2.45) is 29.4 Å². The topological polar surface area (TPSA) is 46.2 Å². The second-order valence-corrected chi connectivity index (χ2v) is 5.59. The van der Waals surface area contributed by atoms with Gasteiger partial charge in [0.05, 0.1) is 6.10 Å². The van der Waals surface area contributed by atoms with Gasteiger partial charge in [-0.1, -0.05) is 12.8 Å². The number of hydrogen-bond donors (Lipinski definition) is 2. The molecular weight excluding hydrogens is 174 g/mol. The van der Waals surface area contributed by atoms with Crippen molar-refractivity contribution in [3.8, 4) is 0 Å². The van der Waals surface area contributed by atoms with Gasteiger partial charge in [-0.3, -0.25) is 0 Å². The van der Waals surface area contributed by atoms with Gasteiger partial charge in [-0.15, -0.1) is 0 Å². The van der Waals surface area contributed by atoms with Crippen LogP contribution in [-0.2, 0) is 0 Å². The molecule has 3 N–H and O–H groups in total. The third-order valence-electron chi connectivity index (χ3n) is 5.13. The predicted octanol–water partition coefficient (Wildman–Crippen LogP) is 1.52. The first-order valence-electron chi connectivity index (χ1n) is 6.22. The van der Waals surface area contributed by atoms with Crippen molar-refractivity contribution >= 4 is 0 Å². The SMILES string of the molecule is NC1C(O)C2CCCC2C2CCCC12. The van der Waals surface area contributed by atoms with Gasteiger partial charge in [0.15, 0.2) is 0 Å². The minimum Gasteiger partial charge on any atom is -0.391 e. The summed E-state index contributed by atoms with van der Waals surface area (Å²) < 4.78 is 0. The van der Waals surface area contributed by atoms with Gasteiger partial charge < -0.3 is 10.8 Å². The Labute approximate surface area is 85.9 Å². The van der Waals surface area contributed by atoms with E-state index in [4.69, 9.17) is 5.73 Å². The van der Waals surface area contributed by atoms with E-state index in [1.807, 2.05) is 0 Å². The number of rotatable bonds is 0. The van der Waals surface area contributed by atoms with Crippen molar-refractivity contribution in [3.63, 3.8) is 0 Å². The minimum atomic E-state index is -0.193. The number of fused-ring (bicyclic) bond motifs is 3. The standard InChI is InChI=1S/C12H21NO/c13-11-9-5-1-3-7(9)8-4-2-6-10(8)12(11)14/h7-12,14H,1-6,13H2. The summed E-state index contributed by atoms with van der Waals surface area (Å²) in [6, 6.07) is 0.0850. The zero-order chi connectivity index (χ0) is 9.71. The molecule has 0 spiro atoms. The van der Waals surface area contributed by atoms with E-state index >= 15 is 0 Å². The first-order valence-corrected chi connectivity index (χ1v) is 6.22. The van der Waals surface area contributed by atoms with Gasteiger partial charge in [0.1, 0.15) is 0 Å². The van der Waals surface area contributed by atoms with Gasteiger partial charge in [0, 0.05) is 6.04 Å². The lowest BCUT2D eigenvalue weighted by atomic mass is 9.66. The molecule has 80 valence electrons. The van der Waals surface area contributed by atoms with Crippen LogP contribution < -0.4 is 5.73 Å². The molecule has 0 bridgehead atoms. The van der Waals surface area contributed by atoms with Crippen molar-refractivity contribution in [2.45, 2.75) is 50.7 Å². The van der Waals surface area contributed by atoms with Crippen molar-refractivity contribution in [2.75, 3.05) is 0 Å². The van der Waals surface area contributed by atoms with Crippen molar-refractivity contribution < 1.29 is 5.11 Å². The summed E-state index contributed by atoms with van der Waals surface area (Å²) in [7, 11) is 0. The molecule has 3 saturated carbocycles. The summed E-state index contributed by atoms with van der Waals surface area (Å²) in [5, 5.41) is 10.2. The zero-order valence-corrected chi connectivity index (χ0v) is 8.73. The maximum absolute atomic E-state index is 10.2. The average molecular weight is 195 g/mol. The van der Waals surface area contributed by atoms with Crippen molar-refractivity contribution in [3.05, 3.63) is 0 Å². The van der Waals surface area contributed by atoms with Gasteiger partial charge in [-0.05, 0) is 49.4 Å². The maximum atomic E-state index is 10.2. The largest absolute Gasteiger partial charge is 0.391 e. The van der Waals surface area contributed by atoms with Crippen LogP contribution >= 0.6 is 0 Å². The van der Waals surface area contributed by atoms with Crippen LogP contribution in [0.3, 0.4) is 0 Å². The van der Waals surface area contributed by atoms with Crippen LogP contribution in [0.5, 0.6) is 0 Å². The summed E-state index contributed by atoms with van der Waals surface area (Å²) in [6.45, 7) is 0. The zero-order valence-electron chi connectivity index (χ0n) is 8.73. The highest BCUT2D eigenvalue weighted by Crippen LogP contribution is 2.53. The minimum absolute atomic E-state index is 0.0850. The fourth-order valence-electron chi connectivity index (χ4n) is 4.54. The van der Waals surface area contributed by atoms with E-state index in [1.54, 1.807) is 0 Å². The smallest absolute Gasteiger partial charge is 0.0724 e. The molecule has 3 aliphatic carbocycles. The molecule has 0 aromatic rings. The van der Waals surface area contributed by atoms with E-state index in [2.05, 4.69) is 0 Å². The first-order chi connectivity index (χ1) is 6.79. The molecule has 3 rings (SSSR count). The van der Waals surface area contributed by atoms with Crippen LogP contribution in [0.15, 0.2) is 0 Å². The molecule has 0 heterocycles. The van der Waals surface area contributed by atoms with Gasteiger partial charge >= 0.3 is 0 Å². The highest BCUT2D eigenvalue weighted by atomic mass is 16.3. The lowest BCUT2D eigenvalue weighted by Crippen LogP contribution is -2.53. The third-order valence-corrected chi connectivity index (χ3v) is 5.13. The predicted molar refractivity (Wildman–Crippen MR) is 55.6 cm³/mol. The normalized spacial score (nSPS) is 57.0. The Morgan fingerprint density at radius 1 is 0.786 bits per heavy atom. The molecule has 0 radical (unpaired) electrons. The lowest BCUT2D eigenvalue weighted by molar-refractivity contribution is -0.0243. The highest BCUT2D eigenvalue weighted by molar-refractivity contribution is 5.03. The van der Waals surface area contributed by atoms with Crippen molar-refractivity contribution in [1.82, 2.24) is 0 Å². The second kappa shape index (κ2) is 3.21. The average Bonchev–Trinajstić information content (AvgIpc) is 2.80. The molecule has 0 aromatic heterocycles. The lowest BCUT2D eigenvalue weighted by Gasteiger charge is -2.44. The molecule has 0 aromatic carbocycles. The van der Waals surface area contributed by atoms with Crippen LogP contribution in [0.2, 0.25) is 0 Å². The van der Waals surface area contributed by atoms with E-state index in [0.717, 1.165) is 11.8 Å². The Morgan fingerprint density at radius 3 is 2.00 bits per heavy atom. The van der Waals surface area contributed by atoms with E-state index < -0.39 is 0 Å². The molecule has 0 amide bonds. The number of aliphatic hydroxyl groups excluding tert-OH is 1. The summed E-state index contributed by atoms with van der Waals surface area (Å²) in [4.78, 5) is 0. The van der Waals surface area contributed by atoms with E-state index in [1.165, 1.54) is 38.5 Å². The quantitative estimate of drug-likeness (QED) is 0.615. The van der Waals surface area contributed by atoms with Crippen LogP contribution in [0.1, 0.15) is 38.5 Å². The van der Waals surface area contributed by atoms with Crippen LogP contribution in [0, 0.1) is 23.7 Å². The molecule has 14 heavy (non-hydrogen) atoms. The number of nitrogens with two attached hydrogens (primary N) is 1. The van der Waals surface area contributed by atoms with Gasteiger partial charge in [-0.2, -0.15) is 0 Å². The van der Waals surface area contributed by atoms with Crippen LogP contribution in [-0.4, -0.2) is 17.3 Å². The Balaban J connectivity index is 1.89. The second-order valence-electron chi connectivity index (χ2n) is 5.59. The highest BCUT2D eigenvalue weighted by Gasteiger charge is 2.51. The first kappa shape index (κ1) is 9.17. The molecule has 2 nitrogen and oxygen atoms in total. The van der Waals surface area contributed by atoms with Crippen LogP contribution in [0.25, 0.3) is 0 Å². The molecule has 0 saturated heterocycles. The number of aliphatic hydroxyl groups is 1. The summed E-state index contributed by atoms with van der Waals surface area (Å²) in [5.74, 6) is 2.87. The molecule has 3 fully saturated rings. The Bertz CT molecular complexity index is 206. The Morgan fingerprint density at radius 2 is 1.29 bits per heavy atom.